The van der Waals surface area contributed by atoms with E-state index in [2.05, 4.69) is 29.0 Å². The summed E-state index contributed by atoms with van der Waals surface area (Å²) in [6.07, 6.45) is 0. The number of aliphatic hydroxyl groups excluding tert-OH is 1. The number of imidazole rings is 1. The minimum atomic E-state index is 0.0442. The van der Waals surface area contributed by atoms with Crippen molar-refractivity contribution in [2.24, 2.45) is 0 Å². The van der Waals surface area contributed by atoms with E-state index in [0.717, 1.165) is 28.0 Å². The highest BCUT2D eigenvalue weighted by Crippen LogP contribution is 2.22. The Balaban J connectivity index is 2.13. The summed E-state index contributed by atoms with van der Waals surface area (Å²) in [6, 6.07) is 14.0. The van der Waals surface area contributed by atoms with E-state index in [1.807, 2.05) is 30.3 Å². The van der Waals surface area contributed by atoms with Gasteiger partial charge in [-0.3, -0.25) is 0 Å². The van der Waals surface area contributed by atoms with Crippen molar-refractivity contribution in [1.29, 1.82) is 0 Å². The van der Waals surface area contributed by atoms with Crippen LogP contribution in [-0.2, 0) is 6.61 Å². The smallest absolute Gasteiger partial charge is 0.138 e. The van der Waals surface area contributed by atoms with Gasteiger partial charge in [-0.1, -0.05) is 29.8 Å². The zero-order valence-electron chi connectivity index (χ0n) is 10.1. The Kier molecular flexibility index (Phi) is 2.61. The number of nitrogens with one attached hydrogen (secondary N) is 1. The van der Waals surface area contributed by atoms with E-state index >= 15 is 0 Å². The second kappa shape index (κ2) is 4.27. The topological polar surface area (TPSA) is 48.9 Å². The van der Waals surface area contributed by atoms with Crippen molar-refractivity contribution in [1.82, 2.24) is 9.97 Å². The van der Waals surface area contributed by atoms with Gasteiger partial charge in [-0.15, -0.1) is 0 Å². The Bertz CT molecular complexity index is 701. The molecule has 3 heteroatoms. The lowest BCUT2D eigenvalue weighted by Gasteiger charge is -1.97. The van der Waals surface area contributed by atoms with Gasteiger partial charge in [0, 0.05) is 5.56 Å². The number of H-pyrrole nitrogens is 1. The first kappa shape index (κ1) is 11.0. The summed E-state index contributed by atoms with van der Waals surface area (Å²) in [6.45, 7) is 2.11. The maximum Gasteiger partial charge on any atom is 0.138 e. The van der Waals surface area contributed by atoms with Gasteiger partial charge in [-0.05, 0) is 30.7 Å². The fourth-order valence-electron chi connectivity index (χ4n) is 2.08. The average Bonchev–Trinajstić information content (AvgIpc) is 2.81. The molecule has 0 radical (unpaired) electrons. The minimum absolute atomic E-state index is 0.0442. The van der Waals surface area contributed by atoms with E-state index in [1.54, 1.807) is 0 Å². The monoisotopic (exact) mass is 238 g/mol. The van der Waals surface area contributed by atoms with Crippen LogP contribution in [0.1, 0.15) is 11.1 Å². The molecule has 0 aliphatic carbocycles. The molecule has 2 N–H and O–H groups in total. The van der Waals surface area contributed by atoms with Crippen molar-refractivity contribution < 1.29 is 5.11 Å². The van der Waals surface area contributed by atoms with Gasteiger partial charge in [0.2, 0.25) is 0 Å². The van der Waals surface area contributed by atoms with Gasteiger partial charge in [-0.25, -0.2) is 4.98 Å². The Morgan fingerprint density at radius 2 is 2.06 bits per heavy atom. The average molecular weight is 238 g/mol. The lowest BCUT2D eigenvalue weighted by Crippen LogP contribution is -1.81. The van der Waals surface area contributed by atoms with Gasteiger partial charge in [0.05, 0.1) is 17.6 Å². The summed E-state index contributed by atoms with van der Waals surface area (Å²) in [5.74, 6) is 0.865. The van der Waals surface area contributed by atoms with Crippen LogP contribution in [0.4, 0.5) is 0 Å². The summed E-state index contributed by atoms with van der Waals surface area (Å²) in [5.41, 5.74) is 5.05. The van der Waals surface area contributed by atoms with Crippen molar-refractivity contribution in [3.05, 3.63) is 53.6 Å². The van der Waals surface area contributed by atoms with Crippen molar-refractivity contribution in [2.75, 3.05) is 0 Å². The van der Waals surface area contributed by atoms with E-state index < -0.39 is 0 Å². The highest BCUT2D eigenvalue weighted by molar-refractivity contribution is 5.80. The van der Waals surface area contributed by atoms with Gasteiger partial charge < -0.3 is 10.1 Å². The third kappa shape index (κ3) is 1.89. The van der Waals surface area contributed by atoms with Gasteiger partial charge >= 0.3 is 0 Å². The molecule has 0 atom stereocenters. The first-order valence-corrected chi connectivity index (χ1v) is 5.93. The molecule has 2 aromatic carbocycles. The molecule has 0 amide bonds. The first-order chi connectivity index (χ1) is 8.76. The van der Waals surface area contributed by atoms with Crippen LogP contribution < -0.4 is 0 Å². The molecule has 3 nitrogen and oxygen atoms in total. The molecule has 0 saturated heterocycles. The summed E-state index contributed by atoms with van der Waals surface area (Å²) in [5, 5.41) is 9.12. The van der Waals surface area contributed by atoms with Crippen LogP contribution in [0.2, 0.25) is 0 Å². The Hall–Kier alpha value is -2.13. The molecule has 1 heterocycles. The van der Waals surface area contributed by atoms with Gasteiger partial charge in [-0.2, -0.15) is 0 Å². The quantitative estimate of drug-likeness (QED) is 0.721. The zero-order valence-corrected chi connectivity index (χ0v) is 10.1. The molecule has 3 aromatic rings. The van der Waals surface area contributed by atoms with Crippen molar-refractivity contribution in [3.8, 4) is 11.4 Å². The SMILES string of the molecule is Cc1cccc(-c2nc3cc(CO)ccc3[nH]2)c1. The van der Waals surface area contributed by atoms with Crippen molar-refractivity contribution in [2.45, 2.75) is 13.5 Å². The van der Waals surface area contributed by atoms with E-state index in [0.29, 0.717) is 0 Å². The molecule has 18 heavy (non-hydrogen) atoms. The first-order valence-electron chi connectivity index (χ1n) is 5.93. The predicted octanol–water partition coefficient (Wildman–Crippen LogP) is 3.03. The van der Waals surface area contributed by atoms with Crippen LogP contribution in [0.3, 0.4) is 0 Å². The molecule has 0 bridgehead atoms. The molecule has 0 saturated carbocycles. The number of aliphatic hydroxyl groups is 1. The lowest BCUT2D eigenvalue weighted by molar-refractivity contribution is 0.282. The lowest BCUT2D eigenvalue weighted by atomic mass is 10.1. The highest BCUT2D eigenvalue weighted by atomic mass is 16.3. The van der Waals surface area contributed by atoms with Gasteiger partial charge in [0.25, 0.3) is 0 Å². The Morgan fingerprint density at radius 1 is 1.17 bits per heavy atom. The number of aryl methyl sites for hydroxylation is 1. The van der Waals surface area contributed by atoms with Crippen LogP contribution in [-0.4, -0.2) is 15.1 Å². The maximum atomic E-state index is 9.12. The number of aromatic nitrogens is 2. The Morgan fingerprint density at radius 3 is 2.83 bits per heavy atom. The fourth-order valence-corrected chi connectivity index (χ4v) is 2.08. The number of rotatable bonds is 2. The second-order valence-corrected chi connectivity index (χ2v) is 4.46. The van der Waals surface area contributed by atoms with E-state index in [4.69, 9.17) is 5.11 Å². The van der Waals surface area contributed by atoms with Crippen LogP contribution in [0.5, 0.6) is 0 Å². The van der Waals surface area contributed by atoms with Crippen LogP contribution in [0.25, 0.3) is 22.4 Å². The third-order valence-corrected chi connectivity index (χ3v) is 3.02. The number of hydrogen-bond acceptors (Lipinski definition) is 2. The van der Waals surface area contributed by atoms with Crippen LogP contribution in [0.15, 0.2) is 42.5 Å². The molecular formula is C15H14N2O. The molecular weight excluding hydrogens is 224 g/mol. The largest absolute Gasteiger partial charge is 0.392 e. The predicted molar refractivity (Wildman–Crippen MR) is 72.2 cm³/mol. The molecule has 3 rings (SSSR count). The minimum Gasteiger partial charge on any atom is -0.392 e. The summed E-state index contributed by atoms with van der Waals surface area (Å²) in [7, 11) is 0. The number of nitrogens with zero attached hydrogens (tertiary/aromatic N) is 1. The number of aromatic amines is 1. The standard InChI is InChI=1S/C15H14N2O/c1-10-3-2-4-12(7-10)15-16-13-6-5-11(9-18)8-14(13)17-15/h2-8,18H,9H2,1H3,(H,16,17). The maximum absolute atomic E-state index is 9.12. The summed E-state index contributed by atoms with van der Waals surface area (Å²) >= 11 is 0. The highest BCUT2D eigenvalue weighted by Gasteiger charge is 2.05. The van der Waals surface area contributed by atoms with Gasteiger partial charge in [0.15, 0.2) is 0 Å². The number of fused-ring (bicyclic) bond motifs is 1. The van der Waals surface area contributed by atoms with E-state index in [1.165, 1.54) is 5.56 Å². The molecule has 0 spiro atoms. The molecule has 0 aliphatic heterocycles. The number of benzene rings is 2. The van der Waals surface area contributed by atoms with Gasteiger partial charge in [0.1, 0.15) is 5.82 Å². The zero-order chi connectivity index (χ0) is 12.5. The third-order valence-electron chi connectivity index (χ3n) is 3.02. The van der Waals surface area contributed by atoms with Crippen LogP contribution >= 0.6 is 0 Å². The van der Waals surface area contributed by atoms with E-state index in [-0.39, 0.29) is 6.61 Å². The summed E-state index contributed by atoms with van der Waals surface area (Å²) < 4.78 is 0. The molecule has 1 aromatic heterocycles. The van der Waals surface area contributed by atoms with Crippen LogP contribution in [0, 0.1) is 6.92 Å². The molecule has 0 aliphatic rings. The Labute approximate surface area is 105 Å². The van der Waals surface area contributed by atoms with Crippen molar-refractivity contribution in [3.63, 3.8) is 0 Å². The normalized spacial score (nSPS) is 11.0. The fraction of sp³-hybridized carbons (Fsp3) is 0.133. The summed E-state index contributed by atoms with van der Waals surface area (Å²) in [4.78, 5) is 7.86. The van der Waals surface area contributed by atoms with E-state index in [9.17, 15) is 0 Å². The van der Waals surface area contributed by atoms with Crippen molar-refractivity contribution >= 4 is 11.0 Å². The molecule has 0 unspecified atom stereocenters. The molecule has 90 valence electrons. The molecule has 0 fully saturated rings. The second-order valence-electron chi connectivity index (χ2n) is 4.46. The number of hydrogen-bond donors (Lipinski definition) is 2.